The Labute approximate surface area is 59.6 Å². The zero-order valence-corrected chi connectivity index (χ0v) is 6.09. The van der Waals surface area contributed by atoms with Crippen molar-refractivity contribution < 1.29 is 14.3 Å². The van der Waals surface area contributed by atoms with Crippen molar-refractivity contribution in [3.8, 4) is 0 Å². The summed E-state index contributed by atoms with van der Waals surface area (Å²) >= 11 is 0. The van der Waals surface area contributed by atoms with Gasteiger partial charge in [0.1, 0.15) is 12.2 Å². The van der Waals surface area contributed by atoms with E-state index in [1.54, 1.807) is 13.8 Å². The van der Waals surface area contributed by atoms with Gasteiger partial charge >= 0.3 is 6.16 Å². The summed E-state index contributed by atoms with van der Waals surface area (Å²) < 4.78 is 9.42. The second kappa shape index (κ2) is 2.33. The molecule has 0 N–H and O–H groups in total. The summed E-state index contributed by atoms with van der Waals surface area (Å²) in [6.45, 7) is 7.26. The lowest BCUT2D eigenvalue weighted by Gasteiger charge is -2.26. The molecule has 1 aliphatic rings. The Morgan fingerprint density at radius 2 is 1.70 bits per heavy atom. The van der Waals surface area contributed by atoms with E-state index in [0.717, 1.165) is 5.57 Å². The third kappa shape index (κ3) is 1.12. The minimum atomic E-state index is -0.604. The van der Waals surface area contributed by atoms with Crippen LogP contribution in [0, 0.1) is 0 Å². The van der Waals surface area contributed by atoms with Gasteiger partial charge in [0.2, 0.25) is 0 Å². The van der Waals surface area contributed by atoms with Gasteiger partial charge in [-0.05, 0) is 13.8 Å². The van der Waals surface area contributed by atoms with Crippen LogP contribution >= 0.6 is 0 Å². The molecule has 3 heteroatoms. The quantitative estimate of drug-likeness (QED) is 0.379. The molecule has 0 aromatic rings. The molecule has 0 amide bonds. The monoisotopic (exact) mass is 142 g/mol. The molecule has 1 fully saturated rings. The highest BCUT2D eigenvalue weighted by atomic mass is 16.7. The maximum absolute atomic E-state index is 10.5. The Morgan fingerprint density at radius 3 is 2.10 bits per heavy atom. The normalized spacial score (nSPS) is 33.0. The summed E-state index contributed by atoms with van der Waals surface area (Å²) in [5.74, 6) is 0. The van der Waals surface area contributed by atoms with Crippen LogP contribution in [-0.2, 0) is 9.47 Å². The molecule has 1 rings (SSSR count). The van der Waals surface area contributed by atoms with Crippen molar-refractivity contribution in [3.63, 3.8) is 0 Å². The van der Waals surface area contributed by atoms with Crippen LogP contribution in [0.15, 0.2) is 12.2 Å². The van der Waals surface area contributed by atoms with Gasteiger partial charge in [-0.15, -0.1) is 0 Å². The number of hydrogen-bond donors (Lipinski definition) is 0. The van der Waals surface area contributed by atoms with Crippen molar-refractivity contribution in [2.45, 2.75) is 26.1 Å². The molecular weight excluding hydrogens is 132 g/mol. The number of carbonyl (C=O) groups excluding carboxylic acids is 1. The summed E-state index contributed by atoms with van der Waals surface area (Å²) in [4.78, 5) is 10.5. The summed E-state index contributed by atoms with van der Waals surface area (Å²) in [6.07, 6.45) is -1.03. The summed E-state index contributed by atoms with van der Waals surface area (Å²) in [7, 11) is 0. The van der Waals surface area contributed by atoms with Gasteiger partial charge in [0.25, 0.3) is 0 Å². The standard InChI is InChI=1S/C7H10O3/c1-4-5(2)9-7(8)10-6(4)3/h5-6H,1H2,2-3H3. The molecule has 0 radical (unpaired) electrons. The maximum atomic E-state index is 10.5. The Kier molecular flexibility index (Phi) is 1.66. The third-order valence-electron chi connectivity index (χ3n) is 1.59. The van der Waals surface area contributed by atoms with Crippen LogP contribution in [-0.4, -0.2) is 18.4 Å². The predicted octanol–water partition coefficient (Wildman–Crippen LogP) is 1.49. The van der Waals surface area contributed by atoms with E-state index in [1.165, 1.54) is 0 Å². The van der Waals surface area contributed by atoms with Crippen LogP contribution in [0.3, 0.4) is 0 Å². The van der Waals surface area contributed by atoms with E-state index in [9.17, 15) is 4.79 Å². The minimum Gasteiger partial charge on any atom is -0.427 e. The predicted molar refractivity (Wildman–Crippen MR) is 35.6 cm³/mol. The second-order valence-electron chi connectivity index (χ2n) is 2.35. The first-order valence-electron chi connectivity index (χ1n) is 3.17. The Hall–Kier alpha value is -0.990. The molecule has 3 nitrogen and oxygen atoms in total. The largest absolute Gasteiger partial charge is 0.509 e. The molecular formula is C7H10O3. The molecule has 0 aromatic carbocycles. The highest BCUT2D eigenvalue weighted by molar-refractivity contribution is 5.62. The number of ether oxygens (including phenoxy) is 2. The maximum Gasteiger partial charge on any atom is 0.509 e. The van der Waals surface area contributed by atoms with E-state index in [4.69, 9.17) is 9.47 Å². The van der Waals surface area contributed by atoms with Gasteiger partial charge in [0, 0.05) is 5.57 Å². The van der Waals surface area contributed by atoms with Crippen LogP contribution in [0.25, 0.3) is 0 Å². The Balaban J connectivity index is 2.66. The average molecular weight is 142 g/mol. The molecule has 10 heavy (non-hydrogen) atoms. The van der Waals surface area contributed by atoms with Crippen molar-refractivity contribution in [2.75, 3.05) is 0 Å². The van der Waals surface area contributed by atoms with Gasteiger partial charge in [0.05, 0.1) is 0 Å². The minimum absolute atomic E-state index is 0.212. The molecule has 0 spiro atoms. The van der Waals surface area contributed by atoms with E-state index in [-0.39, 0.29) is 12.2 Å². The number of cyclic esters (lactones) is 2. The molecule has 2 atom stereocenters. The van der Waals surface area contributed by atoms with Crippen LogP contribution in [0.5, 0.6) is 0 Å². The fourth-order valence-corrected chi connectivity index (χ4v) is 0.798. The molecule has 1 saturated heterocycles. The van der Waals surface area contributed by atoms with Crippen molar-refractivity contribution in [1.29, 1.82) is 0 Å². The molecule has 0 bridgehead atoms. The Morgan fingerprint density at radius 1 is 1.30 bits per heavy atom. The zero-order chi connectivity index (χ0) is 7.72. The van der Waals surface area contributed by atoms with Crippen molar-refractivity contribution in [1.82, 2.24) is 0 Å². The Bertz CT molecular complexity index is 158. The van der Waals surface area contributed by atoms with Gasteiger partial charge in [-0.3, -0.25) is 0 Å². The number of rotatable bonds is 0. The first-order chi connectivity index (χ1) is 4.61. The summed E-state index contributed by atoms with van der Waals surface area (Å²) in [6, 6.07) is 0. The number of carbonyl (C=O) groups is 1. The molecule has 1 aliphatic heterocycles. The summed E-state index contributed by atoms with van der Waals surface area (Å²) in [5.41, 5.74) is 0.805. The molecule has 56 valence electrons. The smallest absolute Gasteiger partial charge is 0.427 e. The summed E-state index contributed by atoms with van der Waals surface area (Å²) in [5, 5.41) is 0. The fraction of sp³-hybridized carbons (Fsp3) is 0.571. The van der Waals surface area contributed by atoms with Gasteiger partial charge in [0.15, 0.2) is 0 Å². The average Bonchev–Trinajstić information content (AvgIpc) is 1.82. The first-order valence-corrected chi connectivity index (χ1v) is 3.17. The van der Waals surface area contributed by atoms with Crippen LogP contribution < -0.4 is 0 Å². The SMILES string of the molecule is C=C1C(C)OC(=O)OC1C. The van der Waals surface area contributed by atoms with Crippen LogP contribution in [0.2, 0.25) is 0 Å². The molecule has 0 aromatic heterocycles. The fourth-order valence-electron chi connectivity index (χ4n) is 0.798. The number of hydrogen-bond acceptors (Lipinski definition) is 3. The topological polar surface area (TPSA) is 35.5 Å². The van der Waals surface area contributed by atoms with Gasteiger partial charge in [-0.2, -0.15) is 0 Å². The molecule has 2 unspecified atom stereocenters. The zero-order valence-electron chi connectivity index (χ0n) is 6.09. The lowest BCUT2D eigenvalue weighted by Crippen LogP contribution is -2.33. The van der Waals surface area contributed by atoms with E-state index in [2.05, 4.69) is 6.58 Å². The molecule has 0 aliphatic carbocycles. The molecule has 1 heterocycles. The third-order valence-corrected chi connectivity index (χ3v) is 1.59. The van der Waals surface area contributed by atoms with Crippen molar-refractivity contribution >= 4 is 6.16 Å². The highest BCUT2D eigenvalue weighted by Gasteiger charge is 2.27. The van der Waals surface area contributed by atoms with Crippen molar-refractivity contribution in [2.24, 2.45) is 0 Å². The van der Waals surface area contributed by atoms with Gasteiger partial charge < -0.3 is 9.47 Å². The van der Waals surface area contributed by atoms with E-state index in [0.29, 0.717) is 0 Å². The van der Waals surface area contributed by atoms with Crippen molar-refractivity contribution in [3.05, 3.63) is 12.2 Å². The molecule has 0 saturated carbocycles. The lowest BCUT2D eigenvalue weighted by molar-refractivity contribution is -0.0120. The van der Waals surface area contributed by atoms with Gasteiger partial charge in [-0.1, -0.05) is 6.58 Å². The van der Waals surface area contributed by atoms with Crippen LogP contribution in [0.4, 0.5) is 4.79 Å². The second-order valence-corrected chi connectivity index (χ2v) is 2.35. The van der Waals surface area contributed by atoms with Gasteiger partial charge in [-0.25, -0.2) is 4.79 Å². The van der Waals surface area contributed by atoms with E-state index < -0.39 is 6.16 Å². The van der Waals surface area contributed by atoms with Crippen LogP contribution in [0.1, 0.15) is 13.8 Å². The lowest BCUT2D eigenvalue weighted by atomic mass is 10.1. The van der Waals surface area contributed by atoms with E-state index >= 15 is 0 Å². The highest BCUT2D eigenvalue weighted by Crippen LogP contribution is 2.18. The first kappa shape index (κ1) is 7.12. The van der Waals surface area contributed by atoms with E-state index in [1.807, 2.05) is 0 Å².